The van der Waals surface area contributed by atoms with Crippen molar-refractivity contribution in [1.29, 1.82) is 0 Å². The monoisotopic (exact) mass is 159 g/mol. The van der Waals surface area contributed by atoms with Gasteiger partial charge in [-0.2, -0.15) is 0 Å². The van der Waals surface area contributed by atoms with Crippen LogP contribution in [0, 0.1) is 0 Å². The molecule has 0 aliphatic heterocycles. The maximum Gasteiger partial charge on any atom is 0.285 e. The molecule has 0 aromatic heterocycles. The summed E-state index contributed by atoms with van der Waals surface area (Å²) in [6, 6.07) is 0.264. The second-order valence-corrected chi connectivity index (χ2v) is 3.17. The van der Waals surface area contributed by atoms with Crippen molar-refractivity contribution >= 4 is 17.0 Å². The van der Waals surface area contributed by atoms with Gasteiger partial charge in [0.1, 0.15) is 0 Å². The first-order valence-electron chi connectivity index (χ1n) is 3.14. The molecule has 0 rings (SSSR count). The van der Waals surface area contributed by atoms with Crippen LogP contribution in [-0.2, 0) is 0 Å². The van der Waals surface area contributed by atoms with Crippen LogP contribution in [0.1, 0.15) is 13.8 Å². The van der Waals surface area contributed by atoms with E-state index in [1.54, 1.807) is 17.4 Å². The van der Waals surface area contributed by atoms with Gasteiger partial charge in [0.15, 0.2) is 0 Å². The minimum Gasteiger partial charge on any atom is -0.334 e. The van der Waals surface area contributed by atoms with E-state index >= 15 is 0 Å². The number of nitrogens with zero attached hydrogens (tertiary/aromatic N) is 1. The minimum atomic E-state index is 0.0463. The van der Waals surface area contributed by atoms with E-state index in [1.807, 2.05) is 13.8 Å². The SMILES string of the molecule is C=CSC(=O)N(C)C(C)C. The molecule has 58 valence electrons. The van der Waals surface area contributed by atoms with Gasteiger partial charge in [-0.15, -0.1) is 0 Å². The molecule has 0 bridgehead atoms. The smallest absolute Gasteiger partial charge is 0.285 e. The summed E-state index contributed by atoms with van der Waals surface area (Å²) in [7, 11) is 1.78. The molecule has 0 spiro atoms. The maximum atomic E-state index is 11.0. The predicted molar refractivity (Wildman–Crippen MR) is 46.1 cm³/mol. The van der Waals surface area contributed by atoms with Gasteiger partial charge in [-0.05, 0) is 31.0 Å². The van der Waals surface area contributed by atoms with Crippen LogP contribution in [0.5, 0.6) is 0 Å². The Morgan fingerprint density at radius 1 is 1.70 bits per heavy atom. The Morgan fingerprint density at radius 2 is 2.20 bits per heavy atom. The second kappa shape index (κ2) is 4.39. The lowest BCUT2D eigenvalue weighted by Crippen LogP contribution is -2.29. The third kappa shape index (κ3) is 2.92. The zero-order valence-corrected chi connectivity index (χ0v) is 7.44. The number of rotatable bonds is 2. The van der Waals surface area contributed by atoms with Crippen molar-refractivity contribution in [2.24, 2.45) is 0 Å². The van der Waals surface area contributed by atoms with Gasteiger partial charge in [0.25, 0.3) is 5.24 Å². The Balaban J connectivity index is 3.81. The van der Waals surface area contributed by atoms with Gasteiger partial charge in [0, 0.05) is 13.1 Å². The van der Waals surface area contributed by atoms with Crippen molar-refractivity contribution in [2.75, 3.05) is 7.05 Å². The topological polar surface area (TPSA) is 20.3 Å². The predicted octanol–water partition coefficient (Wildman–Crippen LogP) is 2.32. The van der Waals surface area contributed by atoms with Crippen molar-refractivity contribution in [3.8, 4) is 0 Å². The van der Waals surface area contributed by atoms with E-state index in [9.17, 15) is 4.79 Å². The Hall–Kier alpha value is -0.440. The van der Waals surface area contributed by atoms with Gasteiger partial charge in [-0.1, -0.05) is 6.58 Å². The van der Waals surface area contributed by atoms with E-state index in [1.165, 1.54) is 0 Å². The number of carbonyl (C=O) groups is 1. The zero-order chi connectivity index (χ0) is 8.15. The van der Waals surface area contributed by atoms with E-state index < -0.39 is 0 Å². The normalized spacial score (nSPS) is 9.60. The van der Waals surface area contributed by atoms with Crippen LogP contribution in [0.4, 0.5) is 4.79 Å². The fraction of sp³-hybridized carbons (Fsp3) is 0.571. The summed E-state index contributed by atoms with van der Waals surface area (Å²) in [6.45, 7) is 7.41. The molecule has 3 heteroatoms. The molecule has 0 N–H and O–H groups in total. The van der Waals surface area contributed by atoms with Gasteiger partial charge in [0.05, 0.1) is 0 Å². The van der Waals surface area contributed by atoms with Gasteiger partial charge in [0.2, 0.25) is 0 Å². The van der Waals surface area contributed by atoms with Gasteiger partial charge in [-0.25, -0.2) is 0 Å². The molecule has 0 aromatic rings. The van der Waals surface area contributed by atoms with Crippen molar-refractivity contribution in [2.45, 2.75) is 19.9 Å². The first-order chi connectivity index (χ1) is 4.59. The number of amides is 1. The van der Waals surface area contributed by atoms with E-state index in [0.717, 1.165) is 11.8 Å². The molecule has 0 radical (unpaired) electrons. The molecule has 0 aliphatic carbocycles. The molecule has 1 amide bonds. The molecule has 2 nitrogen and oxygen atoms in total. The van der Waals surface area contributed by atoms with Gasteiger partial charge in [-0.3, -0.25) is 4.79 Å². The average molecular weight is 159 g/mol. The molecule has 0 saturated carbocycles. The maximum absolute atomic E-state index is 11.0. The average Bonchev–Trinajstić information content (AvgIpc) is 1.87. The van der Waals surface area contributed by atoms with Crippen LogP contribution in [0.15, 0.2) is 12.0 Å². The Morgan fingerprint density at radius 3 is 2.50 bits per heavy atom. The Kier molecular flexibility index (Phi) is 4.19. The number of hydrogen-bond donors (Lipinski definition) is 0. The third-order valence-electron chi connectivity index (χ3n) is 1.25. The lowest BCUT2D eigenvalue weighted by Gasteiger charge is -2.19. The van der Waals surface area contributed by atoms with E-state index in [-0.39, 0.29) is 11.3 Å². The van der Waals surface area contributed by atoms with E-state index in [2.05, 4.69) is 6.58 Å². The number of carbonyl (C=O) groups excluding carboxylic acids is 1. The zero-order valence-electron chi connectivity index (χ0n) is 6.63. The van der Waals surface area contributed by atoms with Crippen LogP contribution < -0.4 is 0 Å². The molecule has 0 aliphatic rings. The highest BCUT2D eigenvalue weighted by Gasteiger charge is 2.09. The van der Waals surface area contributed by atoms with E-state index in [4.69, 9.17) is 0 Å². The minimum absolute atomic E-state index is 0.0463. The van der Waals surface area contributed by atoms with Crippen LogP contribution in [-0.4, -0.2) is 23.2 Å². The highest BCUT2D eigenvalue weighted by molar-refractivity contribution is 8.16. The lowest BCUT2D eigenvalue weighted by atomic mass is 10.4. The summed E-state index contributed by atoms with van der Waals surface area (Å²) < 4.78 is 0. The number of thioether (sulfide) groups is 1. The Bertz CT molecular complexity index is 134. The molecule has 0 atom stereocenters. The second-order valence-electron chi connectivity index (χ2n) is 2.26. The molecule has 0 saturated heterocycles. The van der Waals surface area contributed by atoms with Crippen molar-refractivity contribution in [3.63, 3.8) is 0 Å². The highest BCUT2D eigenvalue weighted by atomic mass is 32.2. The summed E-state index contributed by atoms with van der Waals surface area (Å²) >= 11 is 1.12. The molecule has 0 aromatic carbocycles. The fourth-order valence-electron chi connectivity index (χ4n) is 0.365. The first kappa shape index (κ1) is 9.56. The Labute approximate surface area is 66.3 Å². The van der Waals surface area contributed by atoms with Crippen molar-refractivity contribution < 1.29 is 4.79 Å². The molecular weight excluding hydrogens is 146 g/mol. The standard InChI is InChI=1S/C7H13NOS/c1-5-10-7(9)8(4)6(2)3/h5-6H,1H2,2-4H3. The third-order valence-corrected chi connectivity index (χ3v) is 1.90. The summed E-state index contributed by atoms with van der Waals surface area (Å²) in [5.74, 6) is 0. The van der Waals surface area contributed by atoms with Gasteiger partial charge < -0.3 is 4.90 Å². The van der Waals surface area contributed by atoms with Gasteiger partial charge >= 0.3 is 0 Å². The fourth-order valence-corrected chi connectivity index (χ4v) is 0.885. The summed E-state index contributed by atoms with van der Waals surface area (Å²) in [5, 5.41) is 1.59. The lowest BCUT2D eigenvalue weighted by molar-refractivity contribution is 0.223. The molecule has 0 heterocycles. The van der Waals surface area contributed by atoms with Crippen LogP contribution in [0.25, 0.3) is 0 Å². The first-order valence-corrected chi connectivity index (χ1v) is 4.02. The van der Waals surface area contributed by atoms with Crippen LogP contribution in [0.3, 0.4) is 0 Å². The summed E-state index contributed by atoms with van der Waals surface area (Å²) in [4.78, 5) is 12.7. The molecule has 10 heavy (non-hydrogen) atoms. The largest absolute Gasteiger partial charge is 0.334 e. The van der Waals surface area contributed by atoms with Crippen LogP contribution >= 0.6 is 11.8 Å². The molecule has 0 unspecified atom stereocenters. The number of hydrogen-bond acceptors (Lipinski definition) is 2. The van der Waals surface area contributed by atoms with Crippen LogP contribution in [0.2, 0.25) is 0 Å². The molecule has 0 fully saturated rings. The van der Waals surface area contributed by atoms with Crippen molar-refractivity contribution in [1.82, 2.24) is 4.90 Å². The van der Waals surface area contributed by atoms with E-state index in [0.29, 0.717) is 0 Å². The summed E-state index contributed by atoms with van der Waals surface area (Å²) in [5.41, 5.74) is 0. The quantitative estimate of drug-likeness (QED) is 0.616. The molecular formula is C7H13NOS. The highest BCUT2D eigenvalue weighted by Crippen LogP contribution is 2.09. The van der Waals surface area contributed by atoms with Crippen molar-refractivity contribution in [3.05, 3.63) is 12.0 Å². The summed E-state index contributed by atoms with van der Waals surface area (Å²) in [6.07, 6.45) is 0.